The number of nitrogens with one attached hydrogen (secondary N) is 2. The first kappa shape index (κ1) is 85.6. The number of carbonyl (C=O) groups excluding carboxylic acids is 8. The second-order valence-corrected chi connectivity index (χ2v) is 26.3. The van der Waals surface area contributed by atoms with E-state index in [9.17, 15) is 43.2 Å². The van der Waals surface area contributed by atoms with Gasteiger partial charge in [0.15, 0.2) is 16.7 Å². The summed E-state index contributed by atoms with van der Waals surface area (Å²) in [7, 11) is 0. The van der Waals surface area contributed by atoms with Gasteiger partial charge in [-0.05, 0) is 100 Å². The molecule has 4 amide bonds. The number of primary amides is 1. The molecule has 4 N–H and O–H groups in total. The molecule has 582 valence electrons. The third-order valence-electron chi connectivity index (χ3n) is 17.4. The number of thioether (sulfide) groups is 1. The molecule has 0 saturated heterocycles. The van der Waals surface area contributed by atoms with E-state index in [1.165, 1.54) is 18.7 Å². The molecule has 0 radical (unpaired) electrons. The van der Waals surface area contributed by atoms with E-state index in [4.69, 9.17) is 67.6 Å². The Morgan fingerprint density at radius 3 is 1.88 bits per heavy atom. The Hall–Kier alpha value is -8.61. The van der Waals surface area contributed by atoms with Crippen molar-refractivity contribution >= 4 is 75.7 Å². The lowest BCUT2D eigenvalue weighted by atomic mass is 9.85. The van der Waals surface area contributed by atoms with Crippen molar-refractivity contribution in [3.05, 3.63) is 111 Å². The molecule has 5 aromatic rings. The van der Waals surface area contributed by atoms with E-state index in [1.807, 2.05) is 44.4 Å². The number of hydrogen-bond acceptors (Lipinski definition) is 25. The Balaban J connectivity index is 0.691. The highest BCUT2D eigenvalue weighted by Gasteiger charge is 2.51. The van der Waals surface area contributed by atoms with Crippen LogP contribution in [0.15, 0.2) is 76.9 Å². The lowest BCUT2D eigenvalue weighted by Crippen LogP contribution is -2.47. The number of carbonyl (C=O) groups is 8. The predicted molar refractivity (Wildman–Crippen MR) is 395 cm³/mol. The molecule has 2 aliphatic rings. The first-order valence-electron chi connectivity index (χ1n) is 36.4. The average molecular weight is 1510 g/mol. The van der Waals surface area contributed by atoms with Gasteiger partial charge in [-0.15, -0.1) is 0 Å². The van der Waals surface area contributed by atoms with Crippen LogP contribution >= 0.6 is 11.8 Å². The molecular weight excluding hydrogens is 1400 g/mol. The van der Waals surface area contributed by atoms with Crippen LogP contribution in [0, 0.1) is 17.8 Å². The summed E-state index contributed by atoms with van der Waals surface area (Å²) in [6.45, 7) is 13.1. The SMILES string of the molecule is CC[C@@]1(OC(=O)OCc2ccc(NC(=O)[C@H](CCCNC(N)=O)CC(=O)COCC(=O)CCCOCCOCCOCCOCCOCCOCCOCCOCCCC(=O)CCCC#Cc3cnc(SC)nc3)cc2)C(=O)OCc2c1cc1n(c2=O)Cc2c-1nc1ccccc1c2CCN(C(C)=O)C(C)C. The molecule has 0 spiro atoms. The number of rotatable bonds is 53. The van der Waals surface area contributed by atoms with Gasteiger partial charge in [-0.3, -0.25) is 28.8 Å². The largest absolute Gasteiger partial charge is 0.510 e. The van der Waals surface area contributed by atoms with Crippen molar-refractivity contribution < 1.29 is 95.2 Å². The second-order valence-electron chi connectivity index (χ2n) is 25.6. The number of amides is 4. The van der Waals surface area contributed by atoms with Crippen molar-refractivity contribution in [2.24, 2.45) is 11.7 Å². The highest BCUT2D eigenvalue weighted by atomic mass is 32.2. The van der Waals surface area contributed by atoms with Crippen molar-refractivity contribution in [3.63, 3.8) is 0 Å². The van der Waals surface area contributed by atoms with Gasteiger partial charge >= 0.3 is 18.2 Å². The molecule has 2 aliphatic heterocycles. The van der Waals surface area contributed by atoms with E-state index in [-0.39, 0.29) is 93.2 Å². The van der Waals surface area contributed by atoms with Gasteiger partial charge in [0.2, 0.25) is 17.4 Å². The lowest BCUT2D eigenvalue weighted by molar-refractivity contribution is -0.175. The molecule has 5 heterocycles. The van der Waals surface area contributed by atoms with Gasteiger partial charge in [0, 0.05) is 112 Å². The predicted octanol–water partition coefficient (Wildman–Crippen LogP) is 7.78. The van der Waals surface area contributed by atoms with Gasteiger partial charge in [-0.1, -0.05) is 60.9 Å². The van der Waals surface area contributed by atoms with Crippen LogP contribution < -0.4 is 21.9 Å². The number of aromatic nitrogens is 4. The van der Waals surface area contributed by atoms with Gasteiger partial charge in [0.1, 0.15) is 32.2 Å². The van der Waals surface area contributed by atoms with Crippen LogP contribution in [0.25, 0.3) is 22.3 Å². The number of unbranched alkanes of at least 4 members (excludes halogenated alkanes) is 1. The normalized spacial score (nSPS) is 13.8. The summed E-state index contributed by atoms with van der Waals surface area (Å²) in [5.41, 5.74) is 8.14. The number of ether oxygens (including phenoxy) is 12. The van der Waals surface area contributed by atoms with Crippen LogP contribution in [-0.2, 0) is 117 Å². The molecule has 2 atom stereocenters. The van der Waals surface area contributed by atoms with Crippen molar-refractivity contribution in [2.45, 2.75) is 141 Å². The maximum atomic E-state index is 14.4. The molecule has 0 aliphatic carbocycles. The van der Waals surface area contributed by atoms with Crippen LogP contribution in [0.1, 0.15) is 132 Å². The van der Waals surface area contributed by atoms with Crippen molar-refractivity contribution in [3.8, 4) is 23.2 Å². The Kier molecular flexibility index (Phi) is 37.8. The van der Waals surface area contributed by atoms with E-state index in [1.54, 1.807) is 59.1 Å². The minimum Gasteiger partial charge on any atom is -0.457 e. The number of benzene rings is 2. The molecule has 0 fully saturated rings. The monoisotopic (exact) mass is 1510 g/mol. The standard InChI is InChI=1S/C77H102N8O21S/c1-6-77(67-46-69-70-65(49-85(69)72(91)66(67)53-104-73(77)92)63(26-28-84(54(2)3)55(4)86)64-20-10-11-21-68(64)83-70)106-76(94)105-50-56-22-24-59(25-23-56)82-71(90)58(16-12-27-79-74(78)93)45-62(89)52-103-51-61(88)19-14-30-96-32-34-98-36-38-100-40-42-102-44-43-101-41-39-99-37-35-97-33-31-95-29-13-18-60(87)17-9-7-8-15-57-47-80-75(107-5)81-48-57/h10-11,20-25,46-48,54,58H,6-7,9,12-14,16-19,26-45,49-53H2,1-5H3,(H,82,90)(H3,78,79,93)/t58-,77+/m1/s1. The third kappa shape index (κ3) is 28.8. The van der Waals surface area contributed by atoms with Crippen molar-refractivity contribution in [1.82, 2.24) is 29.7 Å². The van der Waals surface area contributed by atoms with Gasteiger partial charge in [-0.2, -0.15) is 0 Å². The fraction of sp³-hybridized carbons (Fsp3) is 0.558. The summed E-state index contributed by atoms with van der Waals surface area (Å²) >= 11 is 1.48. The minimum absolute atomic E-state index is 0.0292. The van der Waals surface area contributed by atoms with Crippen LogP contribution in [0.4, 0.5) is 15.3 Å². The maximum absolute atomic E-state index is 14.4. The van der Waals surface area contributed by atoms with Crippen molar-refractivity contribution in [1.29, 1.82) is 0 Å². The fourth-order valence-corrected chi connectivity index (χ4v) is 12.2. The number of ketones is 3. The van der Waals surface area contributed by atoms with E-state index in [2.05, 4.69) is 32.4 Å². The zero-order valence-electron chi connectivity index (χ0n) is 62.0. The summed E-state index contributed by atoms with van der Waals surface area (Å²) in [6.07, 6.45) is 8.48. The van der Waals surface area contributed by atoms with Crippen LogP contribution in [0.5, 0.6) is 0 Å². The first-order valence-corrected chi connectivity index (χ1v) is 37.6. The number of anilines is 1. The Bertz CT molecular complexity index is 3830. The minimum atomic E-state index is -2.04. The smallest absolute Gasteiger partial charge is 0.457 e. The zero-order chi connectivity index (χ0) is 76.6. The number of nitrogens with zero attached hydrogens (tertiary/aromatic N) is 5. The van der Waals surface area contributed by atoms with Gasteiger partial charge < -0.3 is 82.7 Å². The van der Waals surface area contributed by atoms with Crippen LogP contribution in [-0.4, -0.2) is 216 Å². The number of fused-ring (bicyclic) bond motifs is 5. The highest BCUT2D eigenvalue weighted by molar-refractivity contribution is 7.98. The lowest BCUT2D eigenvalue weighted by Gasteiger charge is -2.35. The number of urea groups is 1. The van der Waals surface area contributed by atoms with Gasteiger partial charge in [0.05, 0.1) is 127 Å². The summed E-state index contributed by atoms with van der Waals surface area (Å²) in [5.74, 6) is 3.42. The van der Waals surface area contributed by atoms with Crippen LogP contribution in [0.3, 0.4) is 0 Å². The third-order valence-corrected chi connectivity index (χ3v) is 18.0. The van der Waals surface area contributed by atoms with E-state index >= 15 is 0 Å². The summed E-state index contributed by atoms with van der Waals surface area (Å²) < 4.78 is 68.4. The Morgan fingerprint density at radius 1 is 0.720 bits per heavy atom. The fourth-order valence-electron chi connectivity index (χ4n) is 11.9. The van der Waals surface area contributed by atoms with E-state index in [0.29, 0.717) is 191 Å². The van der Waals surface area contributed by atoms with E-state index in [0.717, 1.165) is 28.5 Å². The molecule has 30 heteroatoms. The summed E-state index contributed by atoms with van der Waals surface area (Å²) in [5, 5.41) is 6.90. The summed E-state index contributed by atoms with van der Waals surface area (Å²) in [6, 6.07) is 14.9. The van der Waals surface area contributed by atoms with Crippen LogP contribution in [0.2, 0.25) is 0 Å². The number of cyclic esters (lactones) is 1. The molecule has 0 unspecified atom stereocenters. The van der Waals surface area contributed by atoms with Gasteiger partial charge in [-0.25, -0.2) is 29.3 Å². The topological polar surface area (TPSA) is 361 Å². The maximum Gasteiger partial charge on any atom is 0.510 e. The molecular formula is C77H102N8O21S. The number of pyridine rings is 2. The molecule has 0 bridgehead atoms. The zero-order valence-corrected chi connectivity index (χ0v) is 62.9. The number of esters is 1. The number of hydrogen-bond donors (Lipinski definition) is 3. The molecule has 2 aromatic carbocycles. The molecule has 29 nitrogen and oxygen atoms in total. The number of nitrogens with two attached hydrogens (primary N) is 1. The summed E-state index contributed by atoms with van der Waals surface area (Å²) in [4.78, 5) is 132. The quantitative estimate of drug-likeness (QED) is 0.0108. The molecule has 107 heavy (non-hydrogen) atoms. The Morgan fingerprint density at radius 2 is 1.30 bits per heavy atom. The average Bonchev–Trinajstić information content (AvgIpc) is 1.62. The highest BCUT2D eigenvalue weighted by Crippen LogP contribution is 2.42. The van der Waals surface area contributed by atoms with E-state index < -0.39 is 53.5 Å². The second kappa shape index (κ2) is 47.2. The number of para-hydroxylation sites is 1. The van der Waals surface area contributed by atoms with Gasteiger partial charge in [0.25, 0.3) is 5.56 Å². The first-order chi connectivity index (χ1) is 51.9. The molecule has 3 aromatic heterocycles. The number of Topliss-reactive ketones (excluding diaryl/α,β-unsaturated/α-hetero) is 3. The molecule has 0 saturated carbocycles. The Labute approximate surface area is 628 Å². The molecule has 7 rings (SSSR count). The van der Waals surface area contributed by atoms with Crippen molar-refractivity contribution in [2.75, 3.05) is 144 Å².